The Balaban J connectivity index is 1.46. The molecule has 196 valence electrons. The number of anilines is 1. The van der Waals surface area contributed by atoms with Gasteiger partial charge in [-0.1, -0.05) is 41.4 Å². The molecule has 3 atom stereocenters. The Morgan fingerprint density at radius 1 is 1.19 bits per heavy atom. The predicted molar refractivity (Wildman–Crippen MR) is 141 cm³/mol. The fourth-order valence-electron chi connectivity index (χ4n) is 3.71. The maximum atomic E-state index is 13.4. The van der Waals surface area contributed by atoms with Crippen LogP contribution in [0.2, 0.25) is 10.0 Å². The molecule has 3 N–H and O–H groups in total. The number of nitrogens with one attached hydrogen (secondary N) is 3. The molecule has 1 saturated heterocycles. The average molecular weight is 586 g/mol. The van der Waals surface area contributed by atoms with Crippen molar-refractivity contribution in [2.24, 2.45) is 0 Å². The molecular weight excluding hydrogens is 564 g/mol. The maximum Gasteiger partial charge on any atom is 0.280 e. The summed E-state index contributed by atoms with van der Waals surface area (Å²) >= 11 is 13.4. The van der Waals surface area contributed by atoms with E-state index >= 15 is 0 Å². The lowest BCUT2D eigenvalue weighted by molar-refractivity contribution is -0.125. The number of halogens is 3. The third-order valence-corrected chi connectivity index (χ3v) is 9.22. The van der Waals surface area contributed by atoms with Crippen LogP contribution in [0.25, 0.3) is 10.6 Å². The van der Waals surface area contributed by atoms with Gasteiger partial charge in [-0.25, -0.2) is 9.37 Å². The number of benzene rings is 2. The maximum absolute atomic E-state index is 13.4. The number of rotatable bonds is 6. The Bertz CT molecular complexity index is 1450. The fraction of sp³-hybridized carbons (Fsp3) is 0.261. The van der Waals surface area contributed by atoms with Crippen LogP contribution in [0.4, 0.5) is 10.1 Å². The van der Waals surface area contributed by atoms with Gasteiger partial charge in [-0.15, -0.1) is 11.3 Å². The summed E-state index contributed by atoms with van der Waals surface area (Å²) in [4.78, 5) is 31.1. The molecule has 1 aliphatic heterocycles. The van der Waals surface area contributed by atoms with E-state index in [1.165, 1.54) is 30.5 Å². The largest absolute Gasteiger partial charge is 0.347 e. The molecule has 0 radical (unpaired) electrons. The first kappa shape index (κ1) is 27.4. The molecule has 4 rings (SSSR count). The minimum Gasteiger partial charge on any atom is -0.347 e. The normalized spacial score (nSPS) is 20.2. The highest BCUT2D eigenvalue weighted by Crippen LogP contribution is 2.33. The van der Waals surface area contributed by atoms with Gasteiger partial charge in [0.1, 0.15) is 22.9 Å². The quantitative estimate of drug-likeness (QED) is 0.404. The van der Waals surface area contributed by atoms with Gasteiger partial charge >= 0.3 is 0 Å². The van der Waals surface area contributed by atoms with Gasteiger partial charge in [-0.05, 0) is 37.6 Å². The van der Waals surface area contributed by atoms with Crippen LogP contribution in [0.1, 0.15) is 24.3 Å². The summed E-state index contributed by atoms with van der Waals surface area (Å²) < 4.78 is 41.9. The van der Waals surface area contributed by atoms with E-state index in [1.807, 2.05) is 18.2 Å². The van der Waals surface area contributed by atoms with E-state index in [0.29, 0.717) is 10.0 Å². The van der Waals surface area contributed by atoms with Crippen molar-refractivity contribution in [3.8, 4) is 10.6 Å². The fourth-order valence-corrected chi connectivity index (χ4v) is 6.38. The minimum absolute atomic E-state index is 0.136. The highest BCUT2D eigenvalue weighted by molar-refractivity contribution is 7.87. The monoisotopic (exact) mass is 585 g/mol. The highest BCUT2D eigenvalue weighted by atomic mass is 35.5. The molecule has 2 heterocycles. The number of hydrogen-bond donors (Lipinski definition) is 3. The SMILES string of the molecule is CC(NC(=O)C1CC(C(=O)Nc2ccc(F)c(Cl)c2)N(C)S(=O)(=O)N1)c1cnc(-c2ccccc2Cl)s1. The molecule has 3 unspecified atom stereocenters. The van der Waals surface area contributed by atoms with Crippen molar-refractivity contribution in [3.63, 3.8) is 0 Å². The van der Waals surface area contributed by atoms with Crippen LogP contribution >= 0.6 is 34.5 Å². The molecule has 1 fully saturated rings. The molecule has 14 heteroatoms. The zero-order valence-corrected chi connectivity index (χ0v) is 22.7. The van der Waals surface area contributed by atoms with E-state index in [4.69, 9.17) is 23.2 Å². The Morgan fingerprint density at radius 3 is 2.62 bits per heavy atom. The third kappa shape index (κ3) is 6.11. The number of carbonyl (C=O) groups excluding carboxylic acids is 2. The zero-order chi connectivity index (χ0) is 26.9. The van der Waals surface area contributed by atoms with Crippen LogP contribution in [0.5, 0.6) is 0 Å². The molecule has 1 aliphatic rings. The summed E-state index contributed by atoms with van der Waals surface area (Å²) in [5.41, 5.74) is 0.952. The summed E-state index contributed by atoms with van der Waals surface area (Å²) in [5.74, 6) is -1.94. The van der Waals surface area contributed by atoms with E-state index in [1.54, 1.807) is 19.2 Å². The molecule has 2 amide bonds. The zero-order valence-electron chi connectivity index (χ0n) is 19.5. The molecule has 0 spiro atoms. The van der Waals surface area contributed by atoms with Crippen molar-refractivity contribution >= 4 is 62.2 Å². The molecule has 0 bridgehead atoms. The molecule has 0 saturated carbocycles. The summed E-state index contributed by atoms with van der Waals surface area (Å²) in [5, 5.41) is 6.34. The van der Waals surface area contributed by atoms with E-state index in [-0.39, 0.29) is 17.1 Å². The highest BCUT2D eigenvalue weighted by Gasteiger charge is 2.43. The lowest BCUT2D eigenvalue weighted by Crippen LogP contribution is -2.62. The summed E-state index contributed by atoms with van der Waals surface area (Å²) in [6.07, 6.45) is 1.49. The third-order valence-electron chi connectivity index (χ3n) is 5.79. The Morgan fingerprint density at radius 2 is 1.92 bits per heavy atom. The van der Waals surface area contributed by atoms with Gasteiger partial charge in [0.2, 0.25) is 11.8 Å². The minimum atomic E-state index is -4.14. The van der Waals surface area contributed by atoms with Crippen LogP contribution in [-0.2, 0) is 19.8 Å². The number of nitrogens with zero attached hydrogens (tertiary/aromatic N) is 2. The van der Waals surface area contributed by atoms with E-state index in [0.717, 1.165) is 20.8 Å². The second-order valence-electron chi connectivity index (χ2n) is 8.34. The van der Waals surface area contributed by atoms with Gasteiger partial charge < -0.3 is 10.6 Å². The van der Waals surface area contributed by atoms with Crippen molar-refractivity contribution in [1.82, 2.24) is 19.3 Å². The first-order chi connectivity index (χ1) is 17.5. The van der Waals surface area contributed by atoms with Gasteiger partial charge in [-0.3, -0.25) is 9.59 Å². The smallest absolute Gasteiger partial charge is 0.280 e. The van der Waals surface area contributed by atoms with Crippen LogP contribution < -0.4 is 15.4 Å². The van der Waals surface area contributed by atoms with Crippen LogP contribution in [-0.4, -0.2) is 48.7 Å². The lowest BCUT2D eigenvalue weighted by Gasteiger charge is -2.35. The second kappa shape index (κ2) is 11.0. The van der Waals surface area contributed by atoms with Crippen LogP contribution in [0.3, 0.4) is 0 Å². The summed E-state index contributed by atoms with van der Waals surface area (Å²) in [7, 11) is -2.91. The number of carbonyl (C=O) groups is 2. The van der Waals surface area contributed by atoms with Crippen LogP contribution in [0, 0.1) is 5.82 Å². The standard InChI is InChI=1S/C23H22Cl2FN5O4S2/c1-12(20-11-27-23(36-20)14-5-3-4-6-15(14)24)28-21(32)18-10-19(31(2)37(34,35)30-18)22(33)29-13-7-8-17(26)16(25)9-13/h3-9,11-12,18-19,30H,10H2,1-2H3,(H,28,32)(H,29,33). The molecular formula is C23H22Cl2FN5O4S2. The number of likely N-dealkylation sites (N-methyl/N-ethyl adjacent to an activating group) is 1. The number of amides is 2. The van der Waals surface area contributed by atoms with Gasteiger partial charge in [0.15, 0.2) is 0 Å². The lowest BCUT2D eigenvalue weighted by atomic mass is 10.1. The van der Waals surface area contributed by atoms with E-state index in [9.17, 15) is 22.4 Å². The molecule has 3 aromatic rings. The van der Waals surface area contributed by atoms with Crippen molar-refractivity contribution in [2.45, 2.75) is 31.5 Å². The van der Waals surface area contributed by atoms with Crippen molar-refractivity contribution in [3.05, 3.63) is 69.4 Å². The summed E-state index contributed by atoms with van der Waals surface area (Å²) in [6, 6.07) is 7.95. The Labute approximate surface area is 227 Å². The van der Waals surface area contributed by atoms with Crippen molar-refractivity contribution < 1.29 is 22.4 Å². The number of thiazole rings is 1. The van der Waals surface area contributed by atoms with E-state index < -0.39 is 46.0 Å². The Hall–Kier alpha value is -2.61. The second-order valence-corrected chi connectivity index (χ2v) is 12.0. The summed E-state index contributed by atoms with van der Waals surface area (Å²) in [6.45, 7) is 1.74. The van der Waals surface area contributed by atoms with Gasteiger partial charge in [0, 0.05) is 29.4 Å². The van der Waals surface area contributed by atoms with Crippen molar-refractivity contribution in [1.29, 1.82) is 0 Å². The predicted octanol–water partition coefficient (Wildman–Crippen LogP) is 3.98. The molecule has 9 nitrogen and oxygen atoms in total. The molecule has 1 aromatic heterocycles. The van der Waals surface area contributed by atoms with Crippen LogP contribution in [0.15, 0.2) is 48.7 Å². The van der Waals surface area contributed by atoms with Gasteiger partial charge in [-0.2, -0.15) is 17.4 Å². The topological polar surface area (TPSA) is 121 Å². The first-order valence-electron chi connectivity index (χ1n) is 11.0. The Kier molecular flexibility index (Phi) is 8.17. The number of aromatic nitrogens is 1. The molecule has 37 heavy (non-hydrogen) atoms. The van der Waals surface area contributed by atoms with Gasteiger partial charge in [0.05, 0.1) is 16.1 Å². The van der Waals surface area contributed by atoms with Gasteiger partial charge in [0.25, 0.3) is 10.2 Å². The van der Waals surface area contributed by atoms with E-state index in [2.05, 4.69) is 20.3 Å². The molecule has 2 aromatic carbocycles. The average Bonchev–Trinajstić information content (AvgIpc) is 3.33. The molecule has 0 aliphatic carbocycles. The number of hydrogen-bond acceptors (Lipinski definition) is 6. The first-order valence-corrected chi connectivity index (χ1v) is 14.0. The van der Waals surface area contributed by atoms with Crippen molar-refractivity contribution in [2.75, 3.05) is 12.4 Å².